The van der Waals surface area contributed by atoms with E-state index < -0.39 is 0 Å². The van der Waals surface area contributed by atoms with Crippen LogP contribution in [0, 0.1) is 11.3 Å². The van der Waals surface area contributed by atoms with Crippen molar-refractivity contribution in [3.8, 4) is 11.3 Å². The molecule has 2 aliphatic rings. The molecule has 4 heterocycles. The highest BCUT2D eigenvalue weighted by molar-refractivity contribution is 7.99. The number of aliphatic imine (C=N–C) groups is 1. The number of aromatic amines is 1. The Morgan fingerprint density at radius 3 is 2.71 bits per heavy atom. The number of ketones is 1. The number of nitrogens with one attached hydrogen (secondary N) is 1. The molecule has 35 heavy (non-hydrogen) atoms. The highest BCUT2D eigenvalue weighted by atomic mass is 35.5. The summed E-state index contributed by atoms with van der Waals surface area (Å²) in [4.78, 5) is 22.7. The molecule has 2 unspecified atom stereocenters. The fourth-order valence-electron chi connectivity index (χ4n) is 5.19. The number of Topliss-reactive ketones (excluding diaryl/α,β-unsaturated/α-hetero) is 1. The average Bonchev–Trinajstić information content (AvgIpc) is 3.53. The van der Waals surface area contributed by atoms with Gasteiger partial charge in [-0.2, -0.15) is 5.10 Å². The van der Waals surface area contributed by atoms with Gasteiger partial charge in [-0.3, -0.25) is 9.89 Å². The van der Waals surface area contributed by atoms with Crippen LogP contribution in [0.2, 0.25) is 5.02 Å². The SMILES string of the molecule is Cn1c(-c2ccc(Cl)cc2)cnc1Sc1ccc(C2c3cn[nH]c3N=C3CC(C)(C)CC(=O)C32)o1. The predicted molar refractivity (Wildman–Crippen MR) is 136 cm³/mol. The summed E-state index contributed by atoms with van der Waals surface area (Å²) in [7, 11) is 1.98. The molecule has 1 aliphatic heterocycles. The molecule has 0 spiro atoms. The predicted octanol–water partition coefficient (Wildman–Crippen LogP) is 6.43. The number of fused-ring (bicyclic) bond motifs is 2. The van der Waals surface area contributed by atoms with Crippen molar-refractivity contribution in [2.45, 2.75) is 42.9 Å². The summed E-state index contributed by atoms with van der Waals surface area (Å²) in [6.07, 6.45) is 4.92. The number of carbonyl (C=O) groups is 1. The zero-order valence-corrected chi connectivity index (χ0v) is 21.2. The number of rotatable bonds is 4. The normalized spacial score (nSPS) is 20.9. The molecule has 178 valence electrons. The van der Waals surface area contributed by atoms with E-state index in [1.165, 1.54) is 11.8 Å². The highest BCUT2D eigenvalue weighted by Crippen LogP contribution is 2.49. The van der Waals surface area contributed by atoms with Crippen LogP contribution in [0.25, 0.3) is 11.3 Å². The topological polar surface area (TPSA) is 89.1 Å². The Morgan fingerprint density at radius 1 is 1.11 bits per heavy atom. The Balaban J connectivity index is 1.30. The third-order valence-electron chi connectivity index (χ3n) is 6.78. The number of imidazole rings is 1. The zero-order valence-electron chi connectivity index (χ0n) is 19.6. The fourth-order valence-corrected chi connectivity index (χ4v) is 6.11. The van der Waals surface area contributed by atoms with E-state index in [0.717, 1.165) is 39.9 Å². The maximum absolute atomic E-state index is 13.3. The smallest absolute Gasteiger partial charge is 0.176 e. The van der Waals surface area contributed by atoms with Gasteiger partial charge in [0.15, 0.2) is 16.1 Å². The minimum atomic E-state index is -0.318. The van der Waals surface area contributed by atoms with Crippen LogP contribution in [-0.2, 0) is 11.8 Å². The van der Waals surface area contributed by atoms with Crippen LogP contribution in [0.3, 0.4) is 0 Å². The largest absolute Gasteiger partial charge is 0.454 e. The average molecular weight is 506 g/mol. The van der Waals surface area contributed by atoms with Gasteiger partial charge in [-0.15, -0.1) is 0 Å². The standard InChI is InChI=1S/C26H24ClN5O2S/c1-26(2)10-17-23(19(33)11-26)22(16-12-29-31-24(16)30-17)20-8-9-21(34-20)35-25-28-13-18(32(25)3)14-4-6-15(27)7-5-14/h4-9,12-13,22-23H,10-11H2,1-3H3,(H,29,31). The van der Waals surface area contributed by atoms with E-state index in [4.69, 9.17) is 21.0 Å². The van der Waals surface area contributed by atoms with Gasteiger partial charge in [0.1, 0.15) is 11.5 Å². The first-order valence-electron chi connectivity index (χ1n) is 11.5. The van der Waals surface area contributed by atoms with Gasteiger partial charge in [0.2, 0.25) is 0 Å². The van der Waals surface area contributed by atoms with Gasteiger partial charge in [-0.05, 0) is 53.4 Å². The van der Waals surface area contributed by atoms with E-state index in [-0.39, 0.29) is 23.0 Å². The second-order valence-electron chi connectivity index (χ2n) is 9.97. The zero-order chi connectivity index (χ0) is 24.3. The van der Waals surface area contributed by atoms with Crippen LogP contribution in [0.5, 0.6) is 0 Å². The molecule has 4 aromatic rings. The van der Waals surface area contributed by atoms with Gasteiger partial charge in [-0.25, -0.2) is 9.98 Å². The number of halogens is 1. The monoisotopic (exact) mass is 505 g/mol. The summed E-state index contributed by atoms with van der Waals surface area (Å²) in [6, 6.07) is 11.6. The molecular weight excluding hydrogens is 482 g/mol. The van der Waals surface area contributed by atoms with Crippen molar-refractivity contribution in [3.05, 3.63) is 65.1 Å². The van der Waals surface area contributed by atoms with Gasteiger partial charge >= 0.3 is 0 Å². The summed E-state index contributed by atoms with van der Waals surface area (Å²) in [6.45, 7) is 4.24. The Morgan fingerprint density at radius 2 is 1.91 bits per heavy atom. The van der Waals surface area contributed by atoms with Crippen molar-refractivity contribution in [3.63, 3.8) is 0 Å². The van der Waals surface area contributed by atoms with Crippen molar-refractivity contribution in [1.82, 2.24) is 19.7 Å². The lowest BCUT2D eigenvalue weighted by atomic mass is 9.65. The number of benzene rings is 1. The molecule has 7 nitrogen and oxygen atoms in total. The second kappa shape index (κ2) is 8.24. The van der Waals surface area contributed by atoms with Gasteiger partial charge in [0.25, 0.3) is 0 Å². The quantitative estimate of drug-likeness (QED) is 0.345. The first-order chi connectivity index (χ1) is 16.8. The minimum Gasteiger partial charge on any atom is -0.454 e. The molecule has 0 bridgehead atoms. The lowest BCUT2D eigenvalue weighted by Gasteiger charge is -2.39. The van der Waals surface area contributed by atoms with Crippen LogP contribution in [-0.4, -0.2) is 31.2 Å². The third-order valence-corrected chi connectivity index (χ3v) is 8.01. The molecule has 0 saturated heterocycles. The van der Waals surface area contributed by atoms with Gasteiger partial charge in [-0.1, -0.05) is 37.6 Å². The van der Waals surface area contributed by atoms with Gasteiger partial charge < -0.3 is 8.98 Å². The fraction of sp³-hybridized carbons (Fsp3) is 0.308. The number of aromatic nitrogens is 4. The molecule has 2 atom stereocenters. The Labute approximate surface area is 212 Å². The van der Waals surface area contributed by atoms with Crippen molar-refractivity contribution >= 4 is 40.7 Å². The maximum atomic E-state index is 13.3. The Hall–Kier alpha value is -3.10. The molecular formula is C26H24ClN5O2S. The number of furan rings is 1. The van der Waals surface area contributed by atoms with Crippen molar-refractivity contribution in [2.24, 2.45) is 23.4 Å². The van der Waals surface area contributed by atoms with Crippen molar-refractivity contribution < 1.29 is 9.21 Å². The molecule has 1 aliphatic carbocycles. The highest BCUT2D eigenvalue weighted by Gasteiger charge is 2.47. The van der Waals surface area contributed by atoms with Crippen molar-refractivity contribution in [1.29, 1.82) is 0 Å². The van der Waals surface area contributed by atoms with Crippen LogP contribution >= 0.6 is 23.4 Å². The first kappa shape index (κ1) is 22.4. The molecule has 0 amide bonds. The van der Waals surface area contributed by atoms with Crippen molar-refractivity contribution in [2.75, 3.05) is 0 Å². The molecule has 0 radical (unpaired) electrons. The summed E-state index contributed by atoms with van der Waals surface area (Å²) >= 11 is 7.49. The van der Waals surface area contributed by atoms with Gasteiger partial charge in [0.05, 0.1) is 29.9 Å². The van der Waals surface area contributed by atoms with E-state index in [9.17, 15) is 4.79 Å². The summed E-state index contributed by atoms with van der Waals surface area (Å²) in [5, 5.41) is 9.42. The van der Waals surface area contributed by atoms with Crippen LogP contribution in [0.15, 0.2) is 68.5 Å². The van der Waals surface area contributed by atoms with Crippen LogP contribution in [0.4, 0.5) is 5.82 Å². The van der Waals surface area contributed by atoms with E-state index in [0.29, 0.717) is 22.4 Å². The summed E-state index contributed by atoms with van der Waals surface area (Å²) < 4.78 is 8.36. The van der Waals surface area contributed by atoms with E-state index in [2.05, 4.69) is 29.0 Å². The Bertz CT molecular complexity index is 1460. The maximum Gasteiger partial charge on any atom is 0.176 e. The lowest BCUT2D eigenvalue weighted by Crippen LogP contribution is -2.42. The van der Waals surface area contributed by atoms with E-state index >= 15 is 0 Å². The van der Waals surface area contributed by atoms with Crippen LogP contribution in [0.1, 0.15) is 43.9 Å². The summed E-state index contributed by atoms with van der Waals surface area (Å²) in [5.41, 5.74) is 3.74. The Kier molecular flexibility index (Phi) is 5.27. The molecule has 3 aromatic heterocycles. The molecule has 6 rings (SSSR count). The molecule has 1 fully saturated rings. The number of hydrogen-bond acceptors (Lipinski definition) is 6. The van der Waals surface area contributed by atoms with Crippen LogP contribution < -0.4 is 0 Å². The second-order valence-corrected chi connectivity index (χ2v) is 11.4. The first-order valence-corrected chi connectivity index (χ1v) is 12.7. The van der Waals surface area contributed by atoms with E-state index in [1.54, 1.807) is 6.20 Å². The van der Waals surface area contributed by atoms with E-state index in [1.807, 2.05) is 54.2 Å². The number of carbonyl (C=O) groups excluding carboxylic acids is 1. The molecule has 1 saturated carbocycles. The minimum absolute atomic E-state index is 0.0985. The number of H-pyrrole nitrogens is 1. The third kappa shape index (κ3) is 3.94. The molecule has 1 N–H and O–H groups in total. The molecule has 9 heteroatoms. The molecule has 1 aromatic carbocycles. The van der Waals surface area contributed by atoms with Gasteiger partial charge in [0, 0.05) is 29.8 Å². The lowest BCUT2D eigenvalue weighted by molar-refractivity contribution is -0.124. The number of nitrogens with zero attached hydrogens (tertiary/aromatic N) is 4. The number of hydrogen-bond donors (Lipinski definition) is 1. The summed E-state index contributed by atoms with van der Waals surface area (Å²) in [5.74, 6) is 1.11.